The minimum absolute atomic E-state index is 0.00316. The number of H-pyrrole nitrogens is 1. The van der Waals surface area contributed by atoms with Crippen molar-refractivity contribution in [3.05, 3.63) is 44.3 Å². The van der Waals surface area contributed by atoms with Crippen LogP contribution in [-0.4, -0.2) is 31.8 Å². The van der Waals surface area contributed by atoms with E-state index in [1.165, 1.54) is 14.2 Å². The molecule has 0 saturated carbocycles. The number of hydrogen-bond acceptors (Lipinski definition) is 6. The molecule has 0 atom stereocenters. The molecule has 1 heterocycles. The zero-order valence-electron chi connectivity index (χ0n) is 13.8. The van der Waals surface area contributed by atoms with Gasteiger partial charge in [-0.1, -0.05) is 15.9 Å². The highest BCUT2D eigenvalue weighted by molar-refractivity contribution is 9.10. The second kappa shape index (κ2) is 7.85. The molecule has 8 heteroatoms. The van der Waals surface area contributed by atoms with Gasteiger partial charge in [-0.25, -0.2) is 4.79 Å². The molecule has 0 bridgehead atoms. The third-order valence-electron chi connectivity index (χ3n) is 3.40. The van der Waals surface area contributed by atoms with E-state index in [4.69, 9.17) is 9.47 Å². The first-order valence-electron chi connectivity index (χ1n) is 7.12. The topological polar surface area (TPSA) is 101 Å². The van der Waals surface area contributed by atoms with E-state index in [0.717, 1.165) is 0 Å². The fourth-order valence-corrected chi connectivity index (χ4v) is 2.76. The molecule has 7 nitrogen and oxygen atoms in total. The number of benzene rings is 1. The van der Waals surface area contributed by atoms with E-state index in [2.05, 4.69) is 25.7 Å². The van der Waals surface area contributed by atoms with E-state index in [0.29, 0.717) is 32.8 Å². The molecule has 130 valence electrons. The number of carbonyl (C=O) groups is 1. The second-order valence-corrected chi connectivity index (χ2v) is 5.88. The van der Waals surface area contributed by atoms with E-state index in [9.17, 15) is 14.9 Å². The van der Waals surface area contributed by atoms with Crippen molar-refractivity contribution in [2.75, 3.05) is 20.8 Å². The van der Waals surface area contributed by atoms with Gasteiger partial charge in [0.25, 0.3) is 5.56 Å². The number of aromatic amines is 1. The monoisotopic (exact) mass is 406 g/mol. The fraction of sp³-hybridized carbons (Fsp3) is 0.235. The van der Waals surface area contributed by atoms with Crippen LogP contribution in [-0.2, 0) is 9.53 Å². The first kappa shape index (κ1) is 18.5. The number of rotatable bonds is 5. The van der Waals surface area contributed by atoms with Crippen LogP contribution in [0.5, 0.6) is 11.5 Å². The van der Waals surface area contributed by atoms with Crippen molar-refractivity contribution in [2.45, 2.75) is 6.92 Å². The Morgan fingerprint density at radius 2 is 1.96 bits per heavy atom. The van der Waals surface area contributed by atoms with Crippen molar-refractivity contribution < 1.29 is 19.0 Å². The van der Waals surface area contributed by atoms with Crippen LogP contribution in [0, 0.1) is 18.3 Å². The summed E-state index contributed by atoms with van der Waals surface area (Å²) in [7, 11) is 2.72. The van der Waals surface area contributed by atoms with Crippen molar-refractivity contribution in [1.29, 1.82) is 5.26 Å². The van der Waals surface area contributed by atoms with Crippen LogP contribution in [0.25, 0.3) is 11.1 Å². The molecule has 0 aliphatic heterocycles. The Bertz CT molecular complexity index is 914. The van der Waals surface area contributed by atoms with E-state index in [-0.39, 0.29) is 12.2 Å². The Morgan fingerprint density at radius 3 is 2.56 bits per heavy atom. The lowest BCUT2D eigenvalue weighted by atomic mass is 10.0. The summed E-state index contributed by atoms with van der Waals surface area (Å²) in [5.41, 5.74) is 1.21. The average Bonchev–Trinajstić information content (AvgIpc) is 2.59. The molecular weight excluding hydrogens is 392 g/mol. The minimum atomic E-state index is -0.528. The van der Waals surface area contributed by atoms with Gasteiger partial charge in [0.2, 0.25) is 0 Å². The minimum Gasteiger partial charge on any atom is -0.493 e. The first-order valence-corrected chi connectivity index (χ1v) is 7.92. The van der Waals surface area contributed by atoms with Gasteiger partial charge in [0, 0.05) is 21.3 Å². The number of methoxy groups -OCH3 is 2. The third kappa shape index (κ3) is 4.00. The molecule has 25 heavy (non-hydrogen) atoms. The average molecular weight is 407 g/mol. The molecule has 0 aliphatic rings. The highest BCUT2D eigenvalue weighted by atomic mass is 79.9. The number of ether oxygens (including phenoxy) is 3. The van der Waals surface area contributed by atoms with Gasteiger partial charge < -0.3 is 19.2 Å². The van der Waals surface area contributed by atoms with Crippen molar-refractivity contribution in [3.63, 3.8) is 0 Å². The summed E-state index contributed by atoms with van der Waals surface area (Å²) in [5, 5.41) is 9.30. The predicted molar refractivity (Wildman–Crippen MR) is 93.7 cm³/mol. The number of nitrogens with zero attached hydrogens (tertiary/aromatic N) is 1. The second-order valence-electron chi connectivity index (χ2n) is 5.03. The molecule has 1 N–H and O–H groups in total. The van der Waals surface area contributed by atoms with Crippen LogP contribution in [0.2, 0.25) is 0 Å². The van der Waals surface area contributed by atoms with Gasteiger partial charge in [0.05, 0.1) is 14.2 Å². The summed E-state index contributed by atoms with van der Waals surface area (Å²) in [5.74, 6) is 0.145. The van der Waals surface area contributed by atoms with Gasteiger partial charge in [0.1, 0.15) is 11.6 Å². The van der Waals surface area contributed by atoms with Crippen molar-refractivity contribution in [3.8, 4) is 28.7 Å². The third-order valence-corrected chi connectivity index (χ3v) is 4.05. The summed E-state index contributed by atoms with van der Waals surface area (Å²) in [6.45, 7) is 1.46. The number of hydrogen-bond donors (Lipinski definition) is 1. The maximum absolute atomic E-state index is 12.0. The molecule has 2 rings (SSSR count). The number of carbonyl (C=O) groups excluding carboxylic acids is 1. The molecule has 0 spiro atoms. The standard InChI is InChI=1S/C17H15BrN2O5/c1-9-4-10(12(7-19)17(22)20-9)11-5-14(23-2)15(6-13(11)18)25-8-16(21)24-3/h4-6H,8H2,1-3H3,(H,20,22). The molecule has 1 aromatic carbocycles. The number of nitriles is 1. The summed E-state index contributed by atoms with van der Waals surface area (Å²) >= 11 is 3.41. The molecule has 0 aliphatic carbocycles. The van der Waals surface area contributed by atoms with Crippen molar-refractivity contribution in [1.82, 2.24) is 4.98 Å². The maximum atomic E-state index is 12.0. The maximum Gasteiger partial charge on any atom is 0.343 e. The van der Waals surface area contributed by atoms with Crippen LogP contribution in [0.4, 0.5) is 0 Å². The Morgan fingerprint density at radius 1 is 1.24 bits per heavy atom. The van der Waals surface area contributed by atoms with Crippen LogP contribution < -0.4 is 15.0 Å². The van der Waals surface area contributed by atoms with Gasteiger partial charge in [-0.3, -0.25) is 4.79 Å². The fourth-order valence-electron chi connectivity index (χ4n) is 2.22. The molecule has 0 radical (unpaired) electrons. The lowest BCUT2D eigenvalue weighted by molar-refractivity contribution is -0.142. The van der Waals surface area contributed by atoms with Gasteiger partial charge in [-0.2, -0.15) is 5.26 Å². The Kier molecular flexibility index (Phi) is 5.83. The quantitative estimate of drug-likeness (QED) is 0.765. The number of esters is 1. The molecular formula is C17H15BrN2O5. The van der Waals surface area contributed by atoms with Crippen LogP contribution in [0.15, 0.2) is 27.5 Å². The molecule has 1 aromatic heterocycles. The Labute approximate surface area is 152 Å². The largest absolute Gasteiger partial charge is 0.493 e. The summed E-state index contributed by atoms with van der Waals surface area (Å²) < 4.78 is 15.8. The Balaban J connectivity index is 2.57. The van der Waals surface area contributed by atoms with Crippen LogP contribution >= 0.6 is 15.9 Å². The summed E-state index contributed by atoms with van der Waals surface area (Å²) in [6.07, 6.45) is 0. The summed E-state index contributed by atoms with van der Waals surface area (Å²) in [6, 6.07) is 6.86. The zero-order valence-corrected chi connectivity index (χ0v) is 15.4. The smallest absolute Gasteiger partial charge is 0.343 e. The lowest BCUT2D eigenvalue weighted by Gasteiger charge is -2.14. The lowest BCUT2D eigenvalue weighted by Crippen LogP contribution is -2.14. The Hall–Kier alpha value is -2.79. The summed E-state index contributed by atoms with van der Waals surface area (Å²) in [4.78, 5) is 25.8. The van der Waals surface area contributed by atoms with Crippen LogP contribution in [0.3, 0.4) is 0 Å². The number of halogens is 1. The predicted octanol–water partition coefficient (Wildman–Crippen LogP) is 2.54. The molecule has 0 amide bonds. The van der Waals surface area contributed by atoms with Gasteiger partial charge in [-0.05, 0) is 25.1 Å². The highest BCUT2D eigenvalue weighted by Crippen LogP contribution is 2.39. The highest BCUT2D eigenvalue weighted by Gasteiger charge is 2.17. The number of nitrogens with one attached hydrogen (secondary N) is 1. The van der Waals surface area contributed by atoms with Crippen molar-refractivity contribution in [2.24, 2.45) is 0 Å². The number of pyridine rings is 1. The first-order chi connectivity index (χ1) is 11.9. The van der Waals surface area contributed by atoms with Crippen LogP contribution in [0.1, 0.15) is 11.3 Å². The van der Waals surface area contributed by atoms with Gasteiger partial charge in [0.15, 0.2) is 18.1 Å². The van der Waals surface area contributed by atoms with Gasteiger partial charge >= 0.3 is 5.97 Å². The molecule has 0 saturated heterocycles. The van der Waals surface area contributed by atoms with E-state index in [1.807, 2.05) is 6.07 Å². The SMILES string of the molecule is COC(=O)COc1cc(Br)c(-c2cc(C)[nH]c(=O)c2C#N)cc1OC. The van der Waals surface area contributed by atoms with Gasteiger partial charge in [-0.15, -0.1) is 0 Å². The van der Waals surface area contributed by atoms with E-state index >= 15 is 0 Å². The normalized spacial score (nSPS) is 10.0. The van der Waals surface area contributed by atoms with E-state index in [1.54, 1.807) is 25.1 Å². The van der Waals surface area contributed by atoms with Crippen molar-refractivity contribution >= 4 is 21.9 Å². The molecule has 0 fully saturated rings. The molecule has 2 aromatic rings. The number of aryl methyl sites for hydroxylation is 1. The molecule has 0 unspecified atom stereocenters. The number of aromatic nitrogens is 1. The van der Waals surface area contributed by atoms with E-state index < -0.39 is 11.5 Å². The zero-order chi connectivity index (χ0) is 18.6.